The third kappa shape index (κ3) is 2.60. The highest BCUT2D eigenvalue weighted by Gasteiger charge is 2.16. The van der Waals surface area contributed by atoms with Gasteiger partial charge in [-0.2, -0.15) is 0 Å². The van der Waals surface area contributed by atoms with Gasteiger partial charge in [0.05, 0.1) is 5.02 Å². The third-order valence-corrected chi connectivity index (χ3v) is 3.34. The Bertz CT molecular complexity index is 548. The number of nitrogen functional groups attached to an aromatic ring is 1. The zero-order valence-electron chi connectivity index (χ0n) is 8.77. The number of benzene rings is 1. The minimum atomic E-state index is -0.850. The van der Waals surface area contributed by atoms with Gasteiger partial charge in [-0.25, -0.2) is 4.98 Å². The first-order valence-electron chi connectivity index (χ1n) is 4.93. The molecule has 0 amide bonds. The minimum Gasteiger partial charge on any atom is -0.383 e. The van der Waals surface area contributed by atoms with Gasteiger partial charge in [-0.05, 0) is 17.7 Å². The van der Waals surface area contributed by atoms with Gasteiger partial charge in [0.15, 0.2) is 0 Å². The van der Waals surface area contributed by atoms with Gasteiger partial charge in [0, 0.05) is 16.2 Å². The maximum atomic E-state index is 10.3. The predicted octanol–water partition coefficient (Wildman–Crippen LogP) is 3.16. The van der Waals surface area contributed by atoms with Crippen molar-refractivity contribution in [2.75, 3.05) is 5.73 Å². The van der Waals surface area contributed by atoms with Gasteiger partial charge in [-0.15, -0.1) is 0 Å². The number of aliphatic hydroxyl groups is 1. The number of nitrogens with zero attached hydrogens (tertiary/aromatic N) is 1. The summed E-state index contributed by atoms with van der Waals surface area (Å²) in [5, 5.41) is 10.7. The first-order valence-corrected chi connectivity index (χ1v) is 6.10. The van der Waals surface area contributed by atoms with Crippen LogP contribution in [-0.2, 0) is 0 Å². The monoisotopic (exact) mass is 312 g/mol. The summed E-state index contributed by atoms with van der Waals surface area (Å²) >= 11 is 9.23. The lowest BCUT2D eigenvalue weighted by molar-refractivity contribution is 0.220. The number of hydrogen-bond donors (Lipinski definition) is 2. The summed E-state index contributed by atoms with van der Waals surface area (Å²) in [5.74, 6) is 0.276. The van der Waals surface area contributed by atoms with E-state index in [-0.39, 0.29) is 5.82 Å². The first kappa shape index (κ1) is 12.4. The maximum absolute atomic E-state index is 10.3. The van der Waals surface area contributed by atoms with Crippen molar-refractivity contribution in [1.29, 1.82) is 0 Å². The highest BCUT2D eigenvalue weighted by molar-refractivity contribution is 9.10. The number of hydrogen-bond acceptors (Lipinski definition) is 3. The van der Waals surface area contributed by atoms with Crippen molar-refractivity contribution in [3.63, 3.8) is 0 Å². The quantitative estimate of drug-likeness (QED) is 0.895. The van der Waals surface area contributed by atoms with Crippen LogP contribution in [0.3, 0.4) is 0 Å². The van der Waals surface area contributed by atoms with Crippen molar-refractivity contribution in [2.45, 2.75) is 6.10 Å². The first-order chi connectivity index (χ1) is 8.09. The van der Waals surface area contributed by atoms with Crippen molar-refractivity contribution < 1.29 is 5.11 Å². The molecule has 1 atom stereocenters. The molecule has 17 heavy (non-hydrogen) atoms. The van der Waals surface area contributed by atoms with E-state index in [0.29, 0.717) is 10.6 Å². The van der Waals surface area contributed by atoms with Gasteiger partial charge in [-0.1, -0.05) is 45.7 Å². The lowest BCUT2D eigenvalue weighted by Gasteiger charge is -2.14. The summed E-state index contributed by atoms with van der Waals surface area (Å²) in [6.45, 7) is 0. The summed E-state index contributed by atoms with van der Waals surface area (Å²) in [6, 6.07) is 9.01. The zero-order valence-corrected chi connectivity index (χ0v) is 11.1. The van der Waals surface area contributed by atoms with Crippen molar-refractivity contribution >= 4 is 33.3 Å². The molecule has 0 fully saturated rings. The van der Waals surface area contributed by atoms with E-state index in [1.54, 1.807) is 6.07 Å². The fourth-order valence-corrected chi connectivity index (χ4v) is 2.22. The Morgan fingerprint density at radius 3 is 2.71 bits per heavy atom. The summed E-state index contributed by atoms with van der Waals surface area (Å²) in [7, 11) is 0. The van der Waals surface area contributed by atoms with Crippen molar-refractivity contribution in [1.82, 2.24) is 4.98 Å². The second kappa shape index (κ2) is 5.04. The number of halogens is 2. The molecule has 2 aromatic rings. The number of aliphatic hydroxyl groups excluding tert-OH is 1. The Morgan fingerprint density at radius 2 is 2.00 bits per heavy atom. The van der Waals surface area contributed by atoms with Crippen LogP contribution in [0.25, 0.3) is 0 Å². The predicted molar refractivity (Wildman–Crippen MR) is 71.9 cm³/mol. The van der Waals surface area contributed by atoms with Gasteiger partial charge in [0.2, 0.25) is 0 Å². The standard InChI is InChI=1S/C12H10BrClN2O/c13-10-4-2-1-3-8(10)11(17)9-5-7(14)6-16-12(9)15/h1-6,11,17H,(H2,15,16). The molecule has 1 heterocycles. The molecule has 0 aliphatic rings. The minimum absolute atomic E-state index is 0.276. The smallest absolute Gasteiger partial charge is 0.129 e. The molecule has 1 aromatic carbocycles. The Morgan fingerprint density at radius 1 is 1.29 bits per heavy atom. The third-order valence-electron chi connectivity index (χ3n) is 2.41. The molecule has 1 unspecified atom stereocenters. The Kier molecular flexibility index (Phi) is 3.66. The van der Waals surface area contributed by atoms with Gasteiger partial charge in [-0.3, -0.25) is 0 Å². The van der Waals surface area contributed by atoms with Crippen LogP contribution in [0.1, 0.15) is 17.2 Å². The fourth-order valence-electron chi connectivity index (χ4n) is 1.55. The Labute approximate surface area is 112 Å². The second-order valence-corrected chi connectivity index (χ2v) is 4.84. The molecule has 0 saturated carbocycles. The molecule has 5 heteroatoms. The molecule has 0 saturated heterocycles. The molecule has 0 spiro atoms. The highest BCUT2D eigenvalue weighted by Crippen LogP contribution is 2.31. The molecular formula is C12H10BrClN2O. The van der Waals surface area contributed by atoms with E-state index >= 15 is 0 Å². The van der Waals surface area contributed by atoms with Crippen molar-refractivity contribution in [2.24, 2.45) is 0 Å². The average Bonchev–Trinajstić information content (AvgIpc) is 2.32. The normalized spacial score (nSPS) is 12.4. The molecule has 88 valence electrons. The van der Waals surface area contributed by atoms with E-state index in [2.05, 4.69) is 20.9 Å². The molecule has 0 bridgehead atoms. The summed E-state index contributed by atoms with van der Waals surface area (Å²) in [4.78, 5) is 3.93. The molecule has 0 aliphatic heterocycles. The highest BCUT2D eigenvalue weighted by atomic mass is 79.9. The Balaban J connectivity index is 2.47. The maximum Gasteiger partial charge on any atom is 0.129 e. The summed E-state index contributed by atoms with van der Waals surface area (Å²) in [5.41, 5.74) is 6.96. The molecule has 3 nitrogen and oxygen atoms in total. The number of anilines is 1. The van der Waals surface area contributed by atoms with Crippen LogP contribution < -0.4 is 5.73 Å². The molecule has 0 aliphatic carbocycles. The number of nitrogens with two attached hydrogens (primary N) is 1. The van der Waals surface area contributed by atoms with E-state index in [1.165, 1.54) is 6.20 Å². The van der Waals surface area contributed by atoms with Crippen LogP contribution >= 0.6 is 27.5 Å². The van der Waals surface area contributed by atoms with E-state index in [4.69, 9.17) is 17.3 Å². The largest absolute Gasteiger partial charge is 0.383 e. The van der Waals surface area contributed by atoms with Crippen molar-refractivity contribution in [3.8, 4) is 0 Å². The van der Waals surface area contributed by atoms with E-state index in [0.717, 1.165) is 10.0 Å². The fraction of sp³-hybridized carbons (Fsp3) is 0.0833. The van der Waals surface area contributed by atoms with Crippen LogP contribution in [0.4, 0.5) is 5.82 Å². The lowest BCUT2D eigenvalue weighted by atomic mass is 10.0. The second-order valence-electron chi connectivity index (χ2n) is 3.55. The molecule has 0 radical (unpaired) electrons. The van der Waals surface area contributed by atoms with Crippen LogP contribution in [0.15, 0.2) is 41.0 Å². The molecule has 3 N–H and O–H groups in total. The van der Waals surface area contributed by atoms with Crippen LogP contribution in [-0.4, -0.2) is 10.1 Å². The number of pyridine rings is 1. The Hall–Kier alpha value is -1.10. The summed E-state index contributed by atoms with van der Waals surface area (Å²) in [6.07, 6.45) is 0.601. The zero-order chi connectivity index (χ0) is 12.4. The van der Waals surface area contributed by atoms with Gasteiger partial charge in [0.1, 0.15) is 11.9 Å². The van der Waals surface area contributed by atoms with Gasteiger partial charge < -0.3 is 10.8 Å². The SMILES string of the molecule is Nc1ncc(Cl)cc1C(O)c1ccccc1Br. The summed E-state index contributed by atoms with van der Waals surface area (Å²) < 4.78 is 0.812. The van der Waals surface area contributed by atoms with Gasteiger partial charge >= 0.3 is 0 Å². The van der Waals surface area contributed by atoms with Crippen LogP contribution in [0, 0.1) is 0 Å². The topological polar surface area (TPSA) is 59.1 Å². The van der Waals surface area contributed by atoms with Crippen LogP contribution in [0.2, 0.25) is 5.02 Å². The van der Waals surface area contributed by atoms with E-state index in [9.17, 15) is 5.11 Å². The van der Waals surface area contributed by atoms with Gasteiger partial charge in [0.25, 0.3) is 0 Å². The number of rotatable bonds is 2. The lowest BCUT2D eigenvalue weighted by Crippen LogP contribution is -2.06. The molecule has 1 aromatic heterocycles. The van der Waals surface area contributed by atoms with E-state index in [1.807, 2.05) is 24.3 Å². The number of aromatic nitrogens is 1. The van der Waals surface area contributed by atoms with Crippen LogP contribution in [0.5, 0.6) is 0 Å². The molecular weight excluding hydrogens is 304 g/mol. The molecule has 2 rings (SSSR count). The average molecular weight is 314 g/mol. The van der Waals surface area contributed by atoms with E-state index < -0.39 is 6.10 Å². The van der Waals surface area contributed by atoms with Crippen molar-refractivity contribution in [3.05, 3.63) is 57.2 Å².